The summed E-state index contributed by atoms with van der Waals surface area (Å²) in [6.07, 6.45) is 0. The summed E-state index contributed by atoms with van der Waals surface area (Å²) in [4.78, 5) is 12.7. The van der Waals surface area contributed by atoms with Gasteiger partial charge in [0.25, 0.3) is 5.91 Å². The van der Waals surface area contributed by atoms with Crippen LogP contribution in [0.5, 0.6) is 11.5 Å². The van der Waals surface area contributed by atoms with E-state index in [2.05, 4.69) is 11.4 Å². The zero-order chi connectivity index (χ0) is 21.5. The first-order valence-electron chi connectivity index (χ1n) is 10.0. The summed E-state index contributed by atoms with van der Waals surface area (Å²) in [5.41, 5.74) is 1.42. The van der Waals surface area contributed by atoms with Gasteiger partial charge in [0, 0.05) is 5.02 Å². The van der Waals surface area contributed by atoms with Crippen molar-refractivity contribution in [3.05, 3.63) is 107 Å². The van der Waals surface area contributed by atoms with Gasteiger partial charge in [0.1, 0.15) is 24.7 Å². The van der Waals surface area contributed by atoms with Crippen LogP contribution < -0.4 is 14.8 Å². The molecular formula is C26H22ClNO3. The maximum absolute atomic E-state index is 12.7. The van der Waals surface area contributed by atoms with E-state index in [4.69, 9.17) is 21.1 Å². The van der Waals surface area contributed by atoms with Crippen molar-refractivity contribution in [2.75, 3.05) is 13.2 Å². The fraction of sp³-hybridized carbons (Fsp3) is 0.115. The van der Waals surface area contributed by atoms with Gasteiger partial charge in [-0.3, -0.25) is 4.79 Å². The van der Waals surface area contributed by atoms with Gasteiger partial charge in [-0.2, -0.15) is 0 Å². The predicted octanol–water partition coefficient (Wildman–Crippen LogP) is 5.88. The van der Waals surface area contributed by atoms with Gasteiger partial charge in [-0.15, -0.1) is 0 Å². The highest BCUT2D eigenvalue weighted by Crippen LogP contribution is 2.24. The van der Waals surface area contributed by atoms with Gasteiger partial charge >= 0.3 is 0 Å². The van der Waals surface area contributed by atoms with Gasteiger partial charge in [-0.25, -0.2) is 0 Å². The highest BCUT2D eigenvalue weighted by molar-refractivity contribution is 6.31. The molecule has 0 atom stereocenters. The Morgan fingerprint density at radius 1 is 0.806 bits per heavy atom. The largest absolute Gasteiger partial charge is 0.492 e. The molecule has 0 aliphatic rings. The number of rotatable bonds is 8. The number of ether oxygens (including phenoxy) is 2. The minimum absolute atomic E-state index is 0.257. The number of halogens is 1. The molecular weight excluding hydrogens is 410 g/mol. The summed E-state index contributed by atoms with van der Waals surface area (Å²) in [6, 6.07) is 28.9. The Hall–Kier alpha value is -3.50. The molecule has 0 saturated carbocycles. The van der Waals surface area contributed by atoms with E-state index in [1.165, 1.54) is 0 Å². The summed E-state index contributed by atoms with van der Waals surface area (Å²) >= 11 is 6.11. The van der Waals surface area contributed by atoms with E-state index in [1.54, 1.807) is 18.2 Å². The molecule has 0 saturated heterocycles. The van der Waals surface area contributed by atoms with E-state index in [0.717, 1.165) is 22.1 Å². The molecule has 4 rings (SSSR count). The first-order valence-corrected chi connectivity index (χ1v) is 10.4. The van der Waals surface area contributed by atoms with Crippen LogP contribution in [0.15, 0.2) is 91.0 Å². The van der Waals surface area contributed by atoms with Gasteiger partial charge in [0.05, 0.1) is 12.1 Å². The fourth-order valence-electron chi connectivity index (χ4n) is 3.23. The monoisotopic (exact) mass is 431 g/mol. The molecule has 0 spiro atoms. The Balaban J connectivity index is 1.33. The number of carbonyl (C=O) groups is 1. The van der Waals surface area contributed by atoms with Crippen molar-refractivity contribution in [2.24, 2.45) is 0 Å². The molecule has 31 heavy (non-hydrogen) atoms. The smallest absolute Gasteiger partial charge is 0.255 e. The van der Waals surface area contributed by atoms with E-state index in [9.17, 15) is 4.79 Å². The summed E-state index contributed by atoms with van der Waals surface area (Å²) in [6.45, 7) is 1.08. The average Bonchev–Trinajstić information content (AvgIpc) is 2.81. The van der Waals surface area contributed by atoms with Gasteiger partial charge in [0.15, 0.2) is 0 Å². The van der Waals surface area contributed by atoms with Crippen molar-refractivity contribution in [1.29, 1.82) is 0 Å². The van der Waals surface area contributed by atoms with Crippen LogP contribution in [-0.2, 0) is 6.61 Å². The standard InChI is InChI=1S/C26H22ClNO3/c27-22-11-13-25(31-18-19-6-2-1-3-7-19)24(17-22)26(29)28-14-15-30-23-12-10-20-8-4-5-9-21(20)16-23/h1-13,16-17H,14-15,18H2,(H,28,29). The van der Waals surface area contributed by atoms with Crippen LogP contribution in [0, 0.1) is 0 Å². The molecule has 0 aromatic heterocycles. The number of amides is 1. The lowest BCUT2D eigenvalue weighted by Gasteiger charge is -2.13. The second-order valence-corrected chi connectivity index (χ2v) is 7.46. The van der Waals surface area contributed by atoms with Gasteiger partial charge < -0.3 is 14.8 Å². The predicted molar refractivity (Wildman–Crippen MR) is 124 cm³/mol. The topological polar surface area (TPSA) is 47.6 Å². The number of carbonyl (C=O) groups excluding carboxylic acids is 1. The van der Waals surface area contributed by atoms with Gasteiger partial charge in [-0.1, -0.05) is 72.3 Å². The van der Waals surface area contributed by atoms with Crippen LogP contribution in [0.1, 0.15) is 15.9 Å². The Bertz CT molecular complexity index is 1180. The Labute approximate surface area is 186 Å². The quantitative estimate of drug-likeness (QED) is 0.354. The fourth-order valence-corrected chi connectivity index (χ4v) is 3.40. The van der Waals surface area contributed by atoms with E-state index in [0.29, 0.717) is 36.1 Å². The van der Waals surface area contributed by atoms with Crippen LogP contribution in [0.4, 0.5) is 0 Å². The molecule has 0 aliphatic carbocycles. The molecule has 1 amide bonds. The van der Waals surface area contributed by atoms with Gasteiger partial charge in [0.2, 0.25) is 0 Å². The third-order valence-corrected chi connectivity index (χ3v) is 5.04. The Morgan fingerprint density at radius 2 is 1.58 bits per heavy atom. The number of nitrogens with one attached hydrogen (secondary N) is 1. The molecule has 0 radical (unpaired) electrons. The molecule has 0 unspecified atom stereocenters. The number of hydrogen-bond acceptors (Lipinski definition) is 3. The maximum Gasteiger partial charge on any atom is 0.255 e. The van der Waals surface area contributed by atoms with Crippen LogP contribution >= 0.6 is 11.6 Å². The van der Waals surface area contributed by atoms with Crippen molar-refractivity contribution in [2.45, 2.75) is 6.61 Å². The summed E-state index contributed by atoms with van der Waals surface area (Å²) in [5.74, 6) is 0.997. The van der Waals surface area contributed by atoms with Crippen LogP contribution in [0.2, 0.25) is 5.02 Å². The van der Waals surface area contributed by atoms with Crippen molar-refractivity contribution in [3.8, 4) is 11.5 Å². The van der Waals surface area contributed by atoms with Crippen molar-refractivity contribution >= 4 is 28.3 Å². The maximum atomic E-state index is 12.7. The highest BCUT2D eigenvalue weighted by Gasteiger charge is 2.13. The Morgan fingerprint density at radius 3 is 2.42 bits per heavy atom. The normalized spacial score (nSPS) is 10.6. The zero-order valence-electron chi connectivity index (χ0n) is 16.9. The molecule has 1 N–H and O–H groups in total. The number of fused-ring (bicyclic) bond motifs is 1. The second-order valence-electron chi connectivity index (χ2n) is 7.03. The zero-order valence-corrected chi connectivity index (χ0v) is 17.6. The molecule has 5 heteroatoms. The third kappa shape index (κ3) is 5.56. The SMILES string of the molecule is O=C(NCCOc1ccc2ccccc2c1)c1cc(Cl)ccc1OCc1ccccc1. The minimum Gasteiger partial charge on any atom is -0.492 e. The minimum atomic E-state index is -0.257. The van der Waals surface area contributed by atoms with E-state index in [1.807, 2.05) is 66.7 Å². The first-order chi connectivity index (χ1) is 15.2. The molecule has 156 valence electrons. The molecule has 0 heterocycles. The van der Waals surface area contributed by atoms with E-state index < -0.39 is 0 Å². The Kier molecular flexibility index (Phi) is 6.70. The summed E-state index contributed by atoms with van der Waals surface area (Å²) < 4.78 is 11.7. The number of benzene rings is 4. The lowest BCUT2D eigenvalue weighted by atomic mass is 10.1. The lowest BCUT2D eigenvalue weighted by molar-refractivity contribution is 0.0942. The molecule has 0 fully saturated rings. The third-order valence-electron chi connectivity index (χ3n) is 4.80. The van der Waals surface area contributed by atoms with E-state index in [-0.39, 0.29) is 5.91 Å². The van der Waals surface area contributed by atoms with Crippen molar-refractivity contribution in [1.82, 2.24) is 5.32 Å². The summed E-state index contributed by atoms with van der Waals surface area (Å²) in [5, 5.41) is 5.62. The van der Waals surface area contributed by atoms with Crippen molar-refractivity contribution in [3.63, 3.8) is 0 Å². The summed E-state index contributed by atoms with van der Waals surface area (Å²) in [7, 11) is 0. The van der Waals surface area contributed by atoms with Crippen LogP contribution in [-0.4, -0.2) is 19.1 Å². The second kappa shape index (κ2) is 10.0. The van der Waals surface area contributed by atoms with Crippen LogP contribution in [0.25, 0.3) is 10.8 Å². The molecule has 4 nitrogen and oxygen atoms in total. The first kappa shape index (κ1) is 20.8. The van der Waals surface area contributed by atoms with E-state index >= 15 is 0 Å². The molecule has 4 aromatic rings. The molecule has 4 aromatic carbocycles. The molecule has 0 aliphatic heterocycles. The highest BCUT2D eigenvalue weighted by atomic mass is 35.5. The lowest BCUT2D eigenvalue weighted by Crippen LogP contribution is -2.28. The molecule has 0 bridgehead atoms. The van der Waals surface area contributed by atoms with Crippen LogP contribution in [0.3, 0.4) is 0 Å². The number of hydrogen-bond donors (Lipinski definition) is 1. The van der Waals surface area contributed by atoms with Gasteiger partial charge in [-0.05, 0) is 46.7 Å². The average molecular weight is 432 g/mol. The van der Waals surface area contributed by atoms with Crippen molar-refractivity contribution < 1.29 is 14.3 Å².